The van der Waals surface area contributed by atoms with Gasteiger partial charge in [0.05, 0.1) is 27.6 Å². The summed E-state index contributed by atoms with van der Waals surface area (Å²) in [5.41, 5.74) is 5.93. The van der Waals surface area contributed by atoms with Crippen LogP contribution in [-0.2, 0) is 23.6 Å². The number of hydrogen-bond acceptors (Lipinski definition) is 6. The third-order valence-electron chi connectivity index (χ3n) is 5.01. The number of primary amides is 1. The first-order valence-electron chi connectivity index (χ1n) is 10.3. The van der Waals surface area contributed by atoms with Gasteiger partial charge in [0.25, 0.3) is 11.1 Å². The number of aromatic nitrogens is 4. The van der Waals surface area contributed by atoms with E-state index in [-0.39, 0.29) is 29.3 Å². The molecule has 10 heteroatoms. The Hall–Kier alpha value is -3.17. The first kappa shape index (κ1) is 23.0. The number of hydrogen-bond donors (Lipinski definition) is 1. The van der Waals surface area contributed by atoms with Crippen LogP contribution in [0.4, 0.5) is 0 Å². The van der Waals surface area contributed by atoms with Crippen molar-refractivity contribution >= 4 is 51.1 Å². The van der Waals surface area contributed by atoms with Crippen LogP contribution in [0.5, 0.6) is 0 Å². The molecule has 0 aliphatic rings. The number of para-hydroxylation sites is 1. The van der Waals surface area contributed by atoms with Crippen molar-refractivity contribution in [2.75, 3.05) is 0 Å². The quantitative estimate of drug-likeness (QED) is 0.319. The maximum absolute atomic E-state index is 13.2. The number of amides is 1. The van der Waals surface area contributed by atoms with Gasteiger partial charge in [0.15, 0.2) is 5.16 Å². The highest BCUT2D eigenvalue weighted by atomic mass is 35.5. The molecule has 1 amide bonds. The summed E-state index contributed by atoms with van der Waals surface area (Å²) in [4.78, 5) is 47.1. The van der Waals surface area contributed by atoms with E-state index in [9.17, 15) is 14.4 Å². The average molecular weight is 484 g/mol. The normalized spacial score (nSPS) is 11.5. The van der Waals surface area contributed by atoms with E-state index in [2.05, 4.69) is 9.97 Å². The first-order chi connectivity index (χ1) is 15.7. The molecule has 0 radical (unpaired) electrons. The van der Waals surface area contributed by atoms with Crippen LogP contribution in [0.3, 0.4) is 0 Å². The number of nitrogens with two attached hydrogens (primary N) is 1. The number of carbonyl (C=O) groups excluding carboxylic acids is 1. The monoisotopic (exact) mass is 483 g/mol. The molecule has 0 fully saturated rings. The first-order valence-corrected chi connectivity index (χ1v) is 11.7. The van der Waals surface area contributed by atoms with Crippen LogP contribution < -0.4 is 16.9 Å². The molecular formula is C23H22ClN5O3S. The Morgan fingerprint density at radius 3 is 2.45 bits per heavy atom. The van der Waals surface area contributed by atoms with Gasteiger partial charge in [-0.05, 0) is 36.2 Å². The van der Waals surface area contributed by atoms with E-state index in [0.29, 0.717) is 44.4 Å². The van der Waals surface area contributed by atoms with E-state index in [4.69, 9.17) is 17.3 Å². The molecular weight excluding hydrogens is 462 g/mol. The van der Waals surface area contributed by atoms with Crippen molar-refractivity contribution in [3.05, 3.63) is 74.0 Å². The molecule has 2 N–H and O–H groups in total. The lowest BCUT2D eigenvalue weighted by Gasteiger charge is -2.16. The Morgan fingerprint density at radius 2 is 1.73 bits per heavy atom. The highest BCUT2D eigenvalue weighted by Gasteiger charge is 2.17. The molecule has 0 atom stereocenters. The fourth-order valence-electron chi connectivity index (χ4n) is 3.58. The smallest absolute Gasteiger partial charge is 0.262 e. The van der Waals surface area contributed by atoms with Gasteiger partial charge in [0.1, 0.15) is 12.4 Å². The summed E-state index contributed by atoms with van der Waals surface area (Å²) in [6.07, 6.45) is 0. The Balaban J connectivity index is 1.81. The lowest BCUT2D eigenvalue weighted by Crippen LogP contribution is -2.31. The van der Waals surface area contributed by atoms with Gasteiger partial charge < -0.3 is 5.73 Å². The Morgan fingerprint density at radius 1 is 1.03 bits per heavy atom. The molecule has 0 unspecified atom stereocenters. The van der Waals surface area contributed by atoms with Crippen LogP contribution in [0.15, 0.2) is 57.2 Å². The number of carbonyl (C=O) groups is 1. The second-order valence-electron chi connectivity index (χ2n) is 8.06. The van der Waals surface area contributed by atoms with Gasteiger partial charge >= 0.3 is 0 Å². The summed E-state index contributed by atoms with van der Waals surface area (Å²) in [5.74, 6) is 0.158. The standard InChI is InChI=1S/C23H22ClN5O3S/c1-13(2)10-29-22(32)16-9-14(24)7-8-18(16)27-23(29)33-12-20-26-17-6-4-3-5-15(17)21(31)28(20)11-19(25)30/h3-9,13H,10-12H2,1-2H3,(H2,25,30). The summed E-state index contributed by atoms with van der Waals surface area (Å²) in [5, 5.41) is 1.82. The van der Waals surface area contributed by atoms with Crippen LogP contribution in [-0.4, -0.2) is 25.0 Å². The summed E-state index contributed by atoms with van der Waals surface area (Å²) in [7, 11) is 0. The zero-order valence-electron chi connectivity index (χ0n) is 18.1. The van der Waals surface area contributed by atoms with Crippen molar-refractivity contribution in [3.63, 3.8) is 0 Å². The van der Waals surface area contributed by atoms with E-state index in [0.717, 1.165) is 0 Å². The zero-order valence-corrected chi connectivity index (χ0v) is 19.7. The second kappa shape index (κ2) is 9.36. The minimum atomic E-state index is -0.641. The van der Waals surface area contributed by atoms with Crippen molar-refractivity contribution in [2.45, 2.75) is 37.8 Å². The van der Waals surface area contributed by atoms with Crippen molar-refractivity contribution in [2.24, 2.45) is 11.7 Å². The molecule has 2 heterocycles. The minimum absolute atomic E-state index is 0.181. The summed E-state index contributed by atoms with van der Waals surface area (Å²) in [6.45, 7) is 4.21. The molecule has 0 saturated carbocycles. The van der Waals surface area contributed by atoms with Crippen LogP contribution in [0.1, 0.15) is 19.7 Å². The van der Waals surface area contributed by atoms with Gasteiger partial charge in [-0.25, -0.2) is 9.97 Å². The highest BCUT2D eigenvalue weighted by molar-refractivity contribution is 7.98. The van der Waals surface area contributed by atoms with Crippen LogP contribution in [0.25, 0.3) is 21.8 Å². The third-order valence-corrected chi connectivity index (χ3v) is 6.22. The molecule has 0 aliphatic carbocycles. The number of halogens is 1. The van der Waals surface area contributed by atoms with E-state index >= 15 is 0 Å². The molecule has 4 aromatic rings. The Labute approximate surface area is 198 Å². The molecule has 2 aromatic heterocycles. The maximum atomic E-state index is 13.2. The molecule has 2 aromatic carbocycles. The summed E-state index contributed by atoms with van der Waals surface area (Å²) in [6, 6.07) is 12.0. The second-order valence-corrected chi connectivity index (χ2v) is 9.44. The Kier molecular flexibility index (Phi) is 6.53. The van der Waals surface area contributed by atoms with E-state index < -0.39 is 5.91 Å². The van der Waals surface area contributed by atoms with Crippen molar-refractivity contribution in [3.8, 4) is 0 Å². The van der Waals surface area contributed by atoms with Gasteiger partial charge in [0.2, 0.25) is 5.91 Å². The predicted octanol–water partition coefficient (Wildman–Crippen LogP) is 3.19. The van der Waals surface area contributed by atoms with Gasteiger partial charge in [-0.15, -0.1) is 0 Å². The van der Waals surface area contributed by atoms with Crippen LogP contribution in [0, 0.1) is 5.92 Å². The van der Waals surface area contributed by atoms with Crippen molar-refractivity contribution < 1.29 is 4.79 Å². The number of benzene rings is 2. The van der Waals surface area contributed by atoms with E-state index in [1.165, 1.54) is 16.3 Å². The predicted molar refractivity (Wildman–Crippen MR) is 131 cm³/mol. The highest BCUT2D eigenvalue weighted by Crippen LogP contribution is 2.24. The maximum Gasteiger partial charge on any atom is 0.262 e. The lowest BCUT2D eigenvalue weighted by molar-refractivity contribution is -0.118. The van der Waals surface area contributed by atoms with Gasteiger partial charge in [-0.1, -0.05) is 49.3 Å². The SMILES string of the molecule is CC(C)Cn1c(SCc2nc3ccccc3c(=O)n2CC(N)=O)nc2ccc(Cl)cc2c1=O. The van der Waals surface area contributed by atoms with E-state index in [1.807, 2.05) is 13.8 Å². The summed E-state index contributed by atoms with van der Waals surface area (Å²) >= 11 is 7.37. The molecule has 0 spiro atoms. The molecule has 170 valence electrons. The molecule has 8 nitrogen and oxygen atoms in total. The molecule has 33 heavy (non-hydrogen) atoms. The Bertz CT molecular complexity index is 1500. The number of thioether (sulfide) groups is 1. The molecule has 0 aliphatic heterocycles. The van der Waals surface area contributed by atoms with E-state index in [1.54, 1.807) is 47.0 Å². The van der Waals surface area contributed by atoms with Crippen LogP contribution >= 0.6 is 23.4 Å². The largest absolute Gasteiger partial charge is 0.368 e. The average Bonchev–Trinajstić information content (AvgIpc) is 2.77. The molecule has 0 saturated heterocycles. The summed E-state index contributed by atoms with van der Waals surface area (Å²) < 4.78 is 2.90. The van der Waals surface area contributed by atoms with Gasteiger partial charge in [-0.2, -0.15) is 0 Å². The zero-order chi connectivity index (χ0) is 23.7. The fraction of sp³-hybridized carbons (Fsp3) is 0.261. The minimum Gasteiger partial charge on any atom is -0.368 e. The van der Waals surface area contributed by atoms with Gasteiger partial charge in [0, 0.05) is 11.6 Å². The molecule has 4 rings (SSSR count). The molecule has 0 bridgehead atoms. The number of nitrogens with zero attached hydrogens (tertiary/aromatic N) is 4. The lowest BCUT2D eigenvalue weighted by atomic mass is 10.2. The third kappa shape index (κ3) is 4.79. The number of fused-ring (bicyclic) bond motifs is 2. The van der Waals surface area contributed by atoms with Gasteiger partial charge in [-0.3, -0.25) is 23.5 Å². The topological polar surface area (TPSA) is 113 Å². The van der Waals surface area contributed by atoms with Crippen LogP contribution in [0.2, 0.25) is 5.02 Å². The van der Waals surface area contributed by atoms with Crippen molar-refractivity contribution in [1.82, 2.24) is 19.1 Å². The van der Waals surface area contributed by atoms with Crippen molar-refractivity contribution in [1.29, 1.82) is 0 Å². The fourth-order valence-corrected chi connectivity index (χ4v) is 4.71. The number of rotatable bonds is 7.